The molecule has 0 unspecified atom stereocenters. The van der Waals surface area contributed by atoms with Crippen LogP contribution < -0.4 is 5.32 Å². The van der Waals surface area contributed by atoms with Crippen LogP contribution in [-0.2, 0) is 11.3 Å². The maximum Gasteiger partial charge on any atom is 0.252 e. The number of aliphatic hydroxyl groups is 1. The third-order valence-electron chi connectivity index (χ3n) is 3.91. The molecule has 0 aliphatic heterocycles. The fraction of sp³-hybridized carbons (Fsp3) is 0.769. The van der Waals surface area contributed by atoms with Crippen LogP contribution in [0.1, 0.15) is 60.9 Å². The molecule has 0 saturated heterocycles. The van der Waals surface area contributed by atoms with E-state index in [0.29, 0.717) is 25.3 Å². The standard InChI is InChI=1S/C13H19N3O2S/c17-12(13(18)6-2-1-3-7-13)14-8-10-15-16-11(19-10)9-4-5-9/h9,18H,1-8H2,(H,14,17). The smallest absolute Gasteiger partial charge is 0.252 e. The van der Waals surface area contributed by atoms with Gasteiger partial charge < -0.3 is 10.4 Å². The van der Waals surface area contributed by atoms with Crippen molar-refractivity contribution >= 4 is 17.2 Å². The van der Waals surface area contributed by atoms with Crippen molar-refractivity contribution in [2.45, 2.75) is 63.0 Å². The van der Waals surface area contributed by atoms with Gasteiger partial charge in [-0.1, -0.05) is 30.6 Å². The minimum Gasteiger partial charge on any atom is -0.380 e. The Bertz CT molecular complexity index is 464. The van der Waals surface area contributed by atoms with Gasteiger partial charge in [0.25, 0.3) is 5.91 Å². The molecule has 2 saturated carbocycles. The summed E-state index contributed by atoms with van der Waals surface area (Å²) in [6.07, 6.45) is 6.52. The van der Waals surface area contributed by atoms with Crippen LogP contribution in [0.25, 0.3) is 0 Å². The Kier molecular flexibility index (Phi) is 3.54. The third-order valence-corrected chi connectivity index (χ3v) is 5.00. The van der Waals surface area contributed by atoms with Gasteiger partial charge in [0, 0.05) is 5.92 Å². The van der Waals surface area contributed by atoms with Gasteiger partial charge in [-0.2, -0.15) is 0 Å². The average Bonchev–Trinajstić information content (AvgIpc) is 3.16. The topological polar surface area (TPSA) is 75.1 Å². The predicted molar refractivity (Wildman–Crippen MR) is 71.8 cm³/mol. The summed E-state index contributed by atoms with van der Waals surface area (Å²) in [7, 11) is 0. The number of nitrogens with zero attached hydrogens (tertiary/aromatic N) is 2. The van der Waals surface area contributed by atoms with Gasteiger partial charge in [-0.05, 0) is 25.7 Å². The zero-order valence-electron chi connectivity index (χ0n) is 10.9. The van der Waals surface area contributed by atoms with Gasteiger partial charge in [-0.3, -0.25) is 4.79 Å². The predicted octanol–water partition coefficient (Wildman–Crippen LogP) is 1.73. The summed E-state index contributed by atoms with van der Waals surface area (Å²) < 4.78 is 0. The highest BCUT2D eigenvalue weighted by atomic mass is 32.1. The van der Waals surface area contributed by atoms with E-state index in [1.807, 2.05) is 0 Å². The molecule has 2 aliphatic rings. The lowest BCUT2D eigenvalue weighted by atomic mass is 9.84. The van der Waals surface area contributed by atoms with E-state index in [4.69, 9.17) is 0 Å². The van der Waals surface area contributed by atoms with Crippen LogP contribution in [0, 0.1) is 0 Å². The second-order valence-corrected chi connectivity index (χ2v) is 6.68. The van der Waals surface area contributed by atoms with Crippen molar-refractivity contribution in [1.82, 2.24) is 15.5 Å². The van der Waals surface area contributed by atoms with Gasteiger partial charge in [-0.25, -0.2) is 0 Å². The summed E-state index contributed by atoms with van der Waals surface area (Å²) in [5, 5.41) is 23.2. The molecule has 5 nitrogen and oxygen atoms in total. The van der Waals surface area contributed by atoms with Gasteiger partial charge in [0.1, 0.15) is 15.6 Å². The van der Waals surface area contributed by atoms with Crippen molar-refractivity contribution in [2.75, 3.05) is 0 Å². The van der Waals surface area contributed by atoms with E-state index in [1.165, 1.54) is 12.8 Å². The highest BCUT2D eigenvalue weighted by Crippen LogP contribution is 2.41. The fourth-order valence-electron chi connectivity index (χ4n) is 2.52. The second kappa shape index (κ2) is 5.17. The summed E-state index contributed by atoms with van der Waals surface area (Å²) in [5.74, 6) is 0.347. The number of aromatic nitrogens is 2. The Labute approximate surface area is 116 Å². The quantitative estimate of drug-likeness (QED) is 0.881. The average molecular weight is 281 g/mol. The first kappa shape index (κ1) is 13.0. The second-order valence-electron chi connectivity index (χ2n) is 5.58. The van der Waals surface area contributed by atoms with Crippen LogP contribution in [0.5, 0.6) is 0 Å². The van der Waals surface area contributed by atoms with E-state index < -0.39 is 5.60 Å². The molecule has 1 aromatic heterocycles. The minimum atomic E-state index is -1.16. The van der Waals surface area contributed by atoms with Crippen LogP contribution in [0.2, 0.25) is 0 Å². The molecule has 19 heavy (non-hydrogen) atoms. The molecule has 1 amide bonds. The zero-order valence-corrected chi connectivity index (χ0v) is 11.7. The summed E-state index contributed by atoms with van der Waals surface area (Å²) in [6.45, 7) is 0.380. The molecule has 0 aromatic carbocycles. The van der Waals surface area contributed by atoms with Crippen molar-refractivity contribution in [2.24, 2.45) is 0 Å². The molecule has 0 atom stereocenters. The molecule has 2 N–H and O–H groups in total. The molecule has 2 fully saturated rings. The Morgan fingerprint density at radius 2 is 2.05 bits per heavy atom. The van der Waals surface area contributed by atoms with Crippen LogP contribution >= 0.6 is 11.3 Å². The van der Waals surface area contributed by atoms with Gasteiger partial charge in [0.05, 0.1) is 6.54 Å². The van der Waals surface area contributed by atoms with Crippen LogP contribution in [-0.4, -0.2) is 26.8 Å². The van der Waals surface area contributed by atoms with E-state index in [9.17, 15) is 9.90 Å². The largest absolute Gasteiger partial charge is 0.380 e. The van der Waals surface area contributed by atoms with E-state index >= 15 is 0 Å². The zero-order chi connectivity index (χ0) is 13.3. The van der Waals surface area contributed by atoms with Crippen molar-refractivity contribution in [3.05, 3.63) is 10.0 Å². The van der Waals surface area contributed by atoms with Crippen LogP contribution in [0.4, 0.5) is 0 Å². The number of hydrogen-bond acceptors (Lipinski definition) is 5. The van der Waals surface area contributed by atoms with E-state index in [2.05, 4.69) is 15.5 Å². The highest BCUT2D eigenvalue weighted by molar-refractivity contribution is 7.11. The number of carbonyl (C=O) groups is 1. The van der Waals surface area contributed by atoms with Crippen molar-refractivity contribution in [3.8, 4) is 0 Å². The summed E-state index contributed by atoms with van der Waals surface area (Å²) in [4.78, 5) is 12.0. The van der Waals surface area contributed by atoms with E-state index in [1.54, 1.807) is 11.3 Å². The van der Waals surface area contributed by atoms with Gasteiger partial charge in [0.2, 0.25) is 0 Å². The summed E-state index contributed by atoms with van der Waals surface area (Å²) in [6, 6.07) is 0. The third kappa shape index (κ3) is 2.95. The number of hydrogen-bond donors (Lipinski definition) is 2. The maximum atomic E-state index is 12.0. The SMILES string of the molecule is O=C(NCc1nnc(C2CC2)s1)C1(O)CCCCC1. The molecular formula is C13H19N3O2S. The first-order valence-electron chi connectivity index (χ1n) is 7.00. The lowest BCUT2D eigenvalue weighted by molar-refractivity contribution is -0.143. The number of carbonyl (C=O) groups excluding carboxylic acids is 1. The summed E-state index contributed by atoms with van der Waals surface area (Å²) >= 11 is 1.57. The van der Waals surface area contributed by atoms with Crippen molar-refractivity contribution in [1.29, 1.82) is 0 Å². The number of amides is 1. The molecule has 6 heteroatoms. The lowest BCUT2D eigenvalue weighted by Crippen LogP contribution is -2.47. The normalized spacial score (nSPS) is 22.2. The Morgan fingerprint density at radius 3 is 2.74 bits per heavy atom. The Morgan fingerprint density at radius 1 is 1.32 bits per heavy atom. The van der Waals surface area contributed by atoms with Crippen molar-refractivity contribution < 1.29 is 9.90 Å². The van der Waals surface area contributed by atoms with Crippen molar-refractivity contribution in [3.63, 3.8) is 0 Å². The molecule has 0 bridgehead atoms. The lowest BCUT2D eigenvalue weighted by Gasteiger charge is -2.30. The Balaban J connectivity index is 1.54. The Hall–Kier alpha value is -1.01. The van der Waals surface area contributed by atoms with Gasteiger partial charge in [-0.15, -0.1) is 10.2 Å². The summed E-state index contributed by atoms with van der Waals surface area (Å²) in [5.41, 5.74) is -1.16. The first-order valence-corrected chi connectivity index (χ1v) is 7.82. The van der Waals surface area contributed by atoms with Gasteiger partial charge >= 0.3 is 0 Å². The van der Waals surface area contributed by atoms with E-state index in [-0.39, 0.29) is 5.91 Å². The number of rotatable bonds is 4. The molecule has 1 aromatic rings. The first-order chi connectivity index (χ1) is 9.17. The number of nitrogens with one attached hydrogen (secondary N) is 1. The monoisotopic (exact) mass is 281 g/mol. The molecule has 104 valence electrons. The fourth-order valence-corrected chi connectivity index (χ4v) is 3.47. The van der Waals surface area contributed by atoms with Crippen LogP contribution in [0.15, 0.2) is 0 Å². The molecule has 3 rings (SSSR count). The van der Waals surface area contributed by atoms with Crippen LogP contribution in [0.3, 0.4) is 0 Å². The molecular weight excluding hydrogens is 262 g/mol. The molecule has 0 spiro atoms. The maximum absolute atomic E-state index is 12.0. The van der Waals surface area contributed by atoms with Gasteiger partial charge in [0.15, 0.2) is 0 Å². The minimum absolute atomic E-state index is 0.254. The molecule has 1 heterocycles. The molecule has 0 radical (unpaired) electrons. The molecule has 2 aliphatic carbocycles. The van der Waals surface area contributed by atoms with E-state index in [0.717, 1.165) is 29.3 Å². The highest BCUT2D eigenvalue weighted by Gasteiger charge is 2.37.